The van der Waals surface area contributed by atoms with E-state index >= 15 is 0 Å². The third-order valence-electron chi connectivity index (χ3n) is 3.85. The van der Waals surface area contributed by atoms with E-state index in [1.54, 1.807) is 11.3 Å². The van der Waals surface area contributed by atoms with Gasteiger partial charge in [0.2, 0.25) is 0 Å². The fraction of sp³-hybridized carbons (Fsp3) is 0.389. The molecule has 0 aliphatic carbocycles. The van der Waals surface area contributed by atoms with Crippen LogP contribution in [0.25, 0.3) is 0 Å². The van der Waals surface area contributed by atoms with Crippen molar-refractivity contribution in [2.45, 2.75) is 33.2 Å². The highest BCUT2D eigenvalue weighted by Crippen LogP contribution is 2.23. The molecule has 21 heavy (non-hydrogen) atoms. The van der Waals surface area contributed by atoms with Crippen molar-refractivity contribution in [3.05, 3.63) is 57.3 Å². The average molecular weight is 301 g/mol. The Bertz CT molecular complexity index is 583. The molecule has 0 amide bonds. The number of ketones is 1. The molecule has 0 aliphatic rings. The van der Waals surface area contributed by atoms with Crippen LogP contribution in [0, 0.1) is 13.8 Å². The molecule has 112 valence electrons. The molecule has 0 saturated heterocycles. The fourth-order valence-electron chi connectivity index (χ4n) is 2.50. The van der Waals surface area contributed by atoms with Crippen molar-refractivity contribution < 1.29 is 4.79 Å². The molecule has 0 bridgehead atoms. The minimum Gasteiger partial charge on any atom is -0.298 e. The summed E-state index contributed by atoms with van der Waals surface area (Å²) in [5.74, 6) is 0.229. The molecular formula is C18H23NOS. The Morgan fingerprint density at radius 1 is 1.24 bits per heavy atom. The first kappa shape index (κ1) is 15.9. The topological polar surface area (TPSA) is 20.3 Å². The van der Waals surface area contributed by atoms with E-state index in [9.17, 15) is 4.79 Å². The molecule has 2 aromatic rings. The van der Waals surface area contributed by atoms with Gasteiger partial charge in [0.1, 0.15) is 0 Å². The van der Waals surface area contributed by atoms with Gasteiger partial charge in [-0.2, -0.15) is 0 Å². The van der Waals surface area contributed by atoms with E-state index in [4.69, 9.17) is 0 Å². The molecule has 1 atom stereocenters. The molecule has 0 N–H and O–H groups in total. The molecular weight excluding hydrogens is 278 g/mol. The number of aryl methyl sites for hydroxylation is 2. The number of hydrogen-bond acceptors (Lipinski definition) is 3. The third-order valence-corrected chi connectivity index (χ3v) is 4.89. The number of carbonyl (C=O) groups excluding carboxylic acids is 1. The van der Waals surface area contributed by atoms with Crippen molar-refractivity contribution in [3.8, 4) is 0 Å². The quantitative estimate of drug-likeness (QED) is 0.725. The van der Waals surface area contributed by atoms with E-state index in [-0.39, 0.29) is 5.78 Å². The van der Waals surface area contributed by atoms with Crippen LogP contribution in [-0.4, -0.2) is 24.3 Å². The SMILES string of the molecule is Cc1cc(C)cc(C(=O)CCN(C)C(C)c2cccs2)c1. The maximum atomic E-state index is 12.3. The summed E-state index contributed by atoms with van der Waals surface area (Å²) in [7, 11) is 2.08. The normalized spacial score (nSPS) is 12.6. The monoisotopic (exact) mass is 301 g/mol. The van der Waals surface area contributed by atoms with Crippen molar-refractivity contribution in [1.29, 1.82) is 0 Å². The highest BCUT2D eigenvalue weighted by atomic mass is 32.1. The lowest BCUT2D eigenvalue weighted by Crippen LogP contribution is -2.24. The number of thiophene rings is 1. The molecule has 2 rings (SSSR count). The lowest BCUT2D eigenvalue weighted by atomic mass is 10.0. The van der Waals surface area contributed by atoms with Crippen LogP contribution < -0.4 is 0 Å². The van der Waals surface area contributed by atoms with Crippen LogP contribution in [0.4, 0.5) is 0 Å². The van der Waals surface area contributed by atoms with Gasteiger partial charge in [-0.25, -0.2) is 0 Å². The van der Waals surface area contributed by atoms with Gasteiger partial charge in [0.05, 0.1) is 0 Å². The van der Waals surface area contributed by atoms with Gasteiger partial charge < -0.3 is 0 Å². The Morgan fingerprint density at radius 3 is 2.48 bits per heavy atom. The van der Waals surface area contributed by atoms with Crippen molar-refractivity contribution >= 4 is 17.1 Å². The fourth-order valence-corrected chi connectivity index (χ4v) is 3.35. The van der Waals surface area contributed by atoms with Gasteiger partial charge in [0, 0.05) is 29.4 Å². The molecule has 0 saturated carbocycles. The van der Waals surface area contributed by atoms with Crippen molar-refractivity contribution in [3.63, 3.8) is 0 Å². The summed E-state index contributed by atoms with van der Waals surface area (Å²) in [6, 6.07) is 10.7. The van der Waals surface area contributed by atoms with Crippen LogP contribution in [0.3, 0.4) is 0 Å². The lowest BCUT2D eigenvalue weighted by molar-refractivity contribution is 0.0962. The highest BCUT2D eigenvalue weighted by molar-refractivity contribution is 7.10. The molecule has 1 aromatic heterocycles. The van der Waals surface area contributed by atoms with Crippen LogP contribution in [0.15, 0.2) is 35.7 Å². The zero-order valence-corrected chi connectivity index (χ0v) is 14.0. The molecule has 0 radical (unpaired) electrons. The first-order valence-electron chi connectivity index (χ1n) is 7.32. The van der Waals surface area contributed by atoms with Crippen molar-refractivity contribution in [1.82, 2.24) is 4.90 Å². The second kappa shape index (κ2) is 7.01. The number of nitrogens with zero attached hydrogens (tertiary/aromatic N) is 1. The number of benzene rings is 1. The van der Waals surface area contributed by atoms with Crippen molar-refractivity contribution in [2.24, 2.45) is 0 Å². The molecule has 0 spiro atoms. The van der Waals surface area contributed by atoms with Gasteiger partial charge >= 0.3 is 0 Å². The summed E-state index contributed by atoms with van der Waals surface area (Å²) in [5.41, 5.74) is 3.14. The third kappa shape index (κ3) is 4.26. The average Bonchev–Trinajstić information content (AvgIpc) is 2.96. The maximum absolute atomic E-state index is 12.3. The van der Waals surface area contributed by atoms with E-state index in [0.29, 0.717) is 12.5 Å². The smallest absolute Gasteiger partial charge is 0.164 e. The zero-order chi connectivity index (χ0) is 15.4. The summed E-state index contributed by atoms with van der Waals surface area (Å²) in [4.78, 5) is 15.9. The van der Waals surface area contributed by atoms with Crippen LogP contribution in [0.1, 0.15) is 45.7 Å². The van der Waals surface area contributed by atoms with E-state index < -0.39 is 0 Å². The van der Waals surface area contributed by atoms with E-state index in [2.05, 4.69) is 42.5 Å². The van der Waals surface area contributed by atoms with Gasteiger partial charge in [-0.15, -0.1) is 11.3 Å². The second-order valence-corrected chi connectivity index (χ2v) is 6.70. The first-order valence-corrected chi connectivity index (χ1v) is 8.20. The van der Waals surface area contributed by atoms with Gasteiger partial charge in [-0.3, -0.25) is 9.69 Å². The summed E-state index contributed by atoms with van der Waals surface area (Å²) in [6.07, 6.45) is 0.565. The Kier molecular flexibility index (Phi) is 5.32. The lowest BCUT2D eigenvalue weighted by Gasteiger charge is -2.23. The van der Waals surface area contributed by atoms with Gasteiger partial charge in [-0.1, -0.05) is 23.3 Å². The maximum Gasteiger partial charge on any atom is 0.164 e. The summed E-state index contributed by atoms with van der Waals surface area (Å²) in [6.45, 7) is 7.04. The Labute approximate surface area is 131 Å². The van der Waals surface area contributed by atoms with Crippen LogP contribution in [-0.2, 0) is 0 Å². The molecule has 1 unspecified atom stereocenters. The number of rotatable bonds is 6. The summed E-state index contributed by atoms with van der Waals surface area (Å²) in [5, 5.41) is 2.10. The molecule has 3 heteroatoms. The van der Waals surface area contributed by atoms with E-state index in [0.717, 1.165) is 23.2 Å². The number of carbonyl (C=O) groups is 1. The molecule has 0 fully saturated rings. The molecule has 1 heterocycles. The largest absolute Gasteiger partial charge is 0.298 e. The van der Waals surface area contributed by atoms with E-state index in [1.807, 2.05) is 26.0 Å². The molecule has 1 aromatic carbocycles. The number of hydrogen-bond donors (Lipinski definition) is 0. The van der Waals surface area contributed by atoms with Crippen LogP contribution in [0.2, 0.25) is 0 Å². The van der Waals surface area contributed by atoms with Gasteiger partial charge in [-0.05, 0) is 51.4 Å². The van der Waals surface area contributed by atoms with Crippen LogP contribution >= 0.6 is 11.3 Å². The standard InChI is InChI=1S/C18H23NOS/c1-13-10-14(2)12-16(11-13)17(20)7-8-19(4)15(3)18-6-5-9-21-18/h5-6,9-12,15H,7-8H2,1-4H3. The van der Waals surface area contributed by atoms with Gasteiger partial charge in [0.25, 0.3) is 0 Å². The van der Waals surface area contributed by atoms with E-state index in [1.165, 1.54) is 4.88 Å². The second-order valence-electron chi connectivity index (χ2n) is 5.72. The first-order chi connectivity index (χ1) is 9.97. The number of Topliss-reactive ketones (excluding diaryl/α,β-unsaturated/α-hetero) is 1. The van der Waals surface area contributed by atoms with Crippen LogP contribution in [0.5, 0.6) is 0 Å². The highest BCUT2D eigenvalue weighted by Gasteiger charge is 2.14. The Balaban J connectivity index is 1.94. The predicted molar refractivity (Wildman–Crippen MR) is 90.2 cm³/mol. The zero-order valence-electron chi connectivity index (χ0n) is 13.2. The Hall–Kier alpha value is -1.45. The van der Waals surface area contributed by atoms with Gasteiger partial charge in [0.15, 0.2) is 5.78 Å². The molecule has 2 nitrogen and oxygen atoms in total. The summed E-state index contributed by atoms with van der Waals surface area (Å²) >= 11 is 1.77. The predicted octanol–water partition coefficient (Wildman–Crippen LogP) is 4.63. The molecule has 0 aliphatic heterocycles. The Morgan fingerprint density at radius 2 is 1.90 bits per heavy atom. The van der Waals surface area contributed by atoms with Crippen molar-refractivity contribution in [2.75, 3.05) is 13.6 Å². The summed E-state index contributed by atoms with van der Waals surface area (Å²) < 4.78 is 0. The minimum absolute atomic E-state index is 0.229. The minimum atomic E-state index is 0.229.